The van der Waals surface area contributed by atoms with Crippen LogP contribution in [0.3, 0.4) is 0 Å². The summed E-state index contributed by atoms with van der Waals surface area (Å²) < 4.78 is 0. The summed E-state index contributed by atoms with van der Waals surface area (Å²) >= 11 is 0. The highest BCUT2D eigenvalue weighted by Gasteiger charge is 2.07. The zero-order valence-corrected chi connectivity index (χ0v) is 11.4. The predicted octanol–water partition coefficient (Wildman–Crippen LogP) is 2.96. The van der Waals surface area contributed by atoms with E-state index in [1.165, 1.54) is 11.9 Å². The molecule has 1 atom stereocenters. The molecule has 0 fully saturated rings. The van der Waals surface area contributed by atoms with Crippen molar-refractivity contribution < 1.29 is 0 Å². The van der Waals surface area contributed by atoms with E-state index in [4.69, 9.17) is 0 Å². The largest absolute Gasteiger partial charge is 0.368 e. The first-order chi connectivity index (χ1) is 9.84. The first kappa shape index (κ1) is 12.6. The van der Waals surface area contributed by atoms with Crippen molar-refractivity contribution in [2.45, 2.75) is 19.3 Å². The Labute approximate surface area is 117 Å². The number of hydrogen-bond acceptors (Lipinski definition) is 4. The lowest BCUT2D eigenvalue weighted by Gasteiger charge is -2.12. The second-order valence-corrected chi connectivity index (χ2v) is 4.85. The van der Waals surface area contributed by atoms with Gasteiger partial charge in [0.2, 0.25) is 0 Å². The summed E-state index contributed by atoms with van der Waals surface area (Å²) in [4.78, 5) is 15.5. The van der Waals surface area contributed by atoms with Gasteiger partial charge in [0.05, 0.1) is 6.33 Å². The number of rotatable bonds is 5. The molecule has 2 N–H and O–H groups in total. The third-order valence-electron chi connectivity index (χ3n) is 3.46. The van der Waals surface area contributed by atoms with Gasteiger partial charge in [-0.1, -0.05) is 37.3 Å². The van der Waals surface area contributed by atoms with Crippen molar-refractivity contribution in [3.63, 3.8) is 0 Å². The maximum absolute atomic E-state index is 4.26. The molecule has 1 unspecified atom stereocenters. The van der Waals surface area contributed by atoms with Crippen molar-refractivity contribution in [2.75, 3.05) is 11.9 Å². The zero-order chi connectivity index (χ0) is 13.8. The topological polar surface area (TPSA) is 66.5 Å². The number of aromatic nitrogens is 4. The van der Waals surface area contributed by atoms with E-state index < -0.39 is 0 Å². The minimum Gasteiger partial charge on any atom is -0.368 e. The number of hydrogen-bond donors (Lipinski definition) is 2. The van der Waals surface area contributed by atoms with Crippen LogP contribution < -0.4 is 5.32 Å². The van der Waals surface area contributed by atoms with Gasteiger partial charge in [0.25, 0.3) is 0 Å². The van der Waals surface area contributed by atoms with Crippen LogP contribution in [0.1, 0.15) is 24.8 Å². The molecule has 0 radical (unpaired) electrons. The fourth-order valence-corrected chi connectivity index (χ4v) is 2.25. The van der Waals surface area contributed by atoms with Gasteiger partial charge >= 0.3 is 0 Å². The van der Waals surface area contributed by atoms with E-state index in [9.17, 15) is 0 Å². The average Bonchev–Trinajstić information content (AvgIpc) is 2.97. The van der Waals surface area contributed by atoms with Crippen molar-refractivity contribution >= 4 is 17.0 Å². The maximum atomic E-state index is 4.26. The zero-order valence-electron chi connectivity index (χ0n) is 11.4. The molecule has 0 aliphatic carbocycles. The molecular weight excluding hydrogens is 250 g/mol. The van der Waals surface area contributed by atoms with E-state index in [1.807, 2.05) is 6.07 Å². The molecule has 102 valence electrons. The Balaban J connectivity index is 1.61. The van der Waals surface area contributed by atoms with Gasteiger partial charge in [0.1, 0.15) is 11.8 Å². The fourth-order valence-electron chi connectivity index (χ4n) is 2.25. The monoisotopic (exact) mass is 267 g/mol. The first-order valence-electron chi connectivity index (χ1n) is 6.77. The van der Waals surface area contributed by atoms with Crippen LogP contribution >= 0.6 is 0 Å². The standard InChI is InChI=1S/C15H17N5/c1-11(12-5-3-2-4-6-12)7-8-16-14-13-15(18-9-17-13)20-10-19-14/h2-6,9-11H,7-8H2,1H3,(H2,16,17,18,19,20). The van der Waals surface area contributed by atoms with Crippen molar-refractivity contribution in [1.29, 1.82) is 0 Å². The van der Waals surface area contributed by atoms with Gasteiger partial charge in [0, 0.05) is 6.54 Å². The van der Waals surface area contributed by atoms with Gasteiger partial charge in [0.15, 0.2) is 11.5 Å². The SMILES string of the molecule is CC(CCNc1ncnc2nc[nH]c12)c1ccccc1. The Bertz CT molecular complexity index is 677. The summed E-state index contributed by atoms with van der Waals surface area (Å²) in [5.74, 6) is 1.33. The van der Waals surface area contributed by atoms with Gasteiger partial charge in [-0.25, -0.2) is 15.0 Å². The van der Waals surface area contributed by atoms with Gasteiger partial charge < -0.3 is 10.3 Å². The molecule has 0 aliphatic rings. The molecule has 0 amide bonds. The maximum Gasteiger partial charge on any atom is 0.182 e. The van der Waals surface area contributed by atoms with Crippen LogP contribution in [0, 0.1) is 0 Å². The normalized spacial score (nSPS) is 12.4. The van der Waals surface area contributed by atoms with Crippen LogP contribution in [-0.4, -0.2) is 26.5 Å². The third-order valence-corrected chi connectivity index (χ3v) is 3.46. The number of aromatic amines is 1. The molecule has 0 saturated heterocycles. The van der Waals surface area contributed by atoms with E-state index in [0.717, 1.165) is 24.3 Å². The van der Waals surface area contributed by atoms with Crippen LogP contribution in [-0.2, 0) is 0 Å². The lowest BCUT2D eigenvalue weighted by molar-refractivity contribution is 0.705. The Morgan fingerprint density at radius 1 is 1.15 bits per heavy atom. The first-order valence-corrected chi connectivity index (χ1v) is 6.77. The summed E-state index contributed by atoms with van der Waals surface area (Å²) in [5, 5.41) is 3.35. The van der Waals surface area contributed by atoms with E-state index in [0.29, 0.717) is 11.6 Å². The highest BCUT2D eigenvalue weighted by molar-refractivity contribution is 5.81. The number of anilines is 1. The minimum absolute atomic E-state index is 0.516. The lowest BCUT2D eigenvalue weighted by atomic mass is 9.98. The van der Waals surface area contributed by atoms with Crippen LogP contribution in [0.4, 0.5) is 5.82 Å². The number of benzene rings is 1. The number of nitrogens with one attached hydrogen (secondary N) is 2. The molecule has 1 aromatic carbocycles. The molecule has 2 aromatic heterocycles. The Morgan fingerprint density at radius 2 is 2.00 bits per heavy atom. The number of H-pyrrole nitrogens is 1. The molecule has 0 bridgehead atoms. The highest BCUT2D eigenvalue weighted by Crippen LogP contribution is 2.19. The second kappa shape index (κ2) is 5.69. The molecule has 5 nitrogen and oxygen atoms in total. The number of fused-ring (bicyclic) bond motifs is 1. The summed E-state index contributed by atoms with van der Waals surface area (Å²) in [6.07, 6.45) is 4.22. The van der Waals surface area contributed by atoms with Crippen LogP contribution in [0.5, 0.6) is 0 Å². The molecule has 0 saturated carbocycles. The molecule has 0 spiro atoms. The molecule has 0 aliphatic heterocycles. The molecular formula is C15H17N5. The fraction of sp³-hybridized carbons (Fsp3) is 0.267. The third kappa shape index (κ3) is 2.61. The summed E-state index contributed by atoms with van der Waals surface area (Å²) in [7, 11) is 0. The average molecular weight is 267 g/mol. The van der Waals surface area contributed by atoms with Crippen LogP contribution in [0.15, 0.2) is 43.0 Å². The predicted molar refractivity (Wildman–Crippen MR) is 79.6 cm³/mol. The summed E-state index contributed by atoms with van der Waals surface area (Å²) in [6, 6.07) is 10.5. The van der Waals surface area contributed by atoms with Crippen molar-refractivity contribution in [1.82, 2.24) is 19.9 Å². The molecule has 3 aromatic rings. The molecule has 2 heterocycles. The Morgan fingerprint density at radius 3 is 2.85 bits per heavy atom. The van der Waals surface area contributed by atoms with Gasteiger partial charge in [-0.3, -0.25) is 0 Å². The number of imidazole rings is 1. The quantitative estimate of drug-likeness (QED) is 0.746. The summed E-state index contributed by atoms with van der Waals surface area (Å²) in [6.45, 7) is 3.10. The van der Waals surface area contributed by atoms with E-state index in [1.54, 1.807) is 6.33 Å². The van der Waals surface area contributed by atoms with Gasteiger partial charge in [-0.2, -0.15) is 0 Å². The minimum atomic E-state index is 0.516. The lowest BCUT2D eigenvalue weighted by Crippen LogP contribution is -2.07. The molecule has 3 rings (SSSR count). The van der Waals surface area contributed by atoms with Crippen LogP contribution in [0.2, 0.25) is 0 Å². The van der Waals surface area contributed by atoms with Crippen LogP contribution in [0.25, 0.3) is 11.2 Å². The van der Waals surface area contributed by atoms with Gasteiger partial charge in [-0.05, 0) is 17.9 Å². The van der Waals surface area contributed by atoms with Gasteiger partial charge in [-0.15, -0.1) is 0 Å². The second-order valence-electron chi connectivity index (χ2n) is 4.85. The van der Waals surface area contributed by atoms with Crippen molar-refractivity contribution in [3.8, 4) is 0 Å². The summed E-state index contributed by atoms with van der Waals surface area (Å²) in [5.41, 5.74) is 2.92. The smallest absolute Gasteiger partial charge is 0.182 e. The molecule has 5 heteroatoms. The Kier molecular flexibility index (Phi) is 3.58. The molecule has 20 heavy (non-hydrogen) atoms. The van der Waals surface area contributed by atoms with E-state index in [2.05, 4.69) is 56.4 Å². The van der Waals surface area contributed by atoms with E-state index >= 15 is 0 Å². The number of nitrogens with zero attached hydrogens (tertiary/aromatic N) is 3. The van der Waals surface area contributed by atoms with Crippen molar-refractivity contribution in [2.24, 2.45) is 0 Å². The van der Waals surface area contributed by atoms with E-state index in [-0.39, 0.29) is 0 Å². The highest BCUT2D eigenvalue weighted by atomic mass is 15.1. The Hall–Kier alpha value is -2.43. The van der Waals surface area contributed by atoms with Crippen molar-refractivity contribution in [3.05, 3.63) is 48.5 Å².